The summed E-state index contributed by atoms with van der Waals surface area (Å²) in [6.07, 6.45) is 1.67. The number of aromatic nitrogens is 1. The van der Waals surface area contributed by atoms with Crippen molar-refractivity contribution in [3.8, 4) is 0 Å². The summed E-state index contributed by atoms with van der Waals surface area (Å²) in [4.78, 5) is 9.61. The van der Waals surface area contributed by atoms with E-state index in [1.807, 2.05) is 0 Å². The topological polar surface area (TPSA) is 28.6 Å². The standard InChI is InChI=1S/C17H29N3OS/c1-12(2)19(4)9-17-16-8-20(6-5-14(16)10-21-17)7-15-11-22-13(3)18-15/h11-12,14,16-17H,5-10H2,1-4H3/t14-,16-,17+/m1/s1. The predicted molar refractivity (Wildman–Crippen MR) is 91.2 cm³/mol. The van der Waals surface area contributed by atoms with Gasteiger partial charge in [-0.15, -0.1) is 11.3 Å². The van der Waals surface area contributed by atoms with E-state index in [9.17, 15) is 0 Å². The zero-order chi connectivity index (χ0) is 15.7. The van der Waals surface area contributed by atoms with Crippen LogP contribution in [0.3, 0.4) is 0 Å². The Bertz CT molecular complexity index is 490. The average molecular weight is 324 g/mol. The molecule has 1 aromatic rings. The minimum Gasteiger partial charge on any atom is -0.376 e. The van der Waals surface area contributed by atoms with Crippen molar-refractivity contribution in [3.05, 3.63) is 16.1 Å². The van der Waals surface area contributed by atoms with Crippen LogP contribution < -0.4 is 0 Å². The number of rotatable bonds is 5. The Morgan fingerprint density at radius 3 is 3.00 bits per heavy atom. The van der Waals surface area contributed by atoms with Gasteiger partial charge in [-0.2, -0.15) is 0 Å². The van der Waals surface area contributed by atoms with E-state index in [4.69, 9.17) is 4.74 Å². The van der Waals surface area contributed by atoms with Gasteiger partial charge in [0, 0.05) is 37.0 Å². The van der Waals surface area contributed by atoms with Crippen LogP contribution in [0, 0.1) is 18.8 Å². The minimum atomic E-state index is 0.400. The van der Waals surface area contributed by atoms with Crippen LogP contribution in [0.4, 0.5) is 0 Å². The van der Waals surface area contributed by atoms with Crippen LogP contribution in [0.1, 0.15) is 31.0 Å². The Morgan fingerprint density at radius 2 is 2.32 bits per heavy atom. The first-order valence-electron chi connectivity index (χ1n) is 8.48. The molecule has 0 radical (unpaired) electrons. The Labute approximate surface area is 138 Å². The zero-order valence-electron chi connectivity index (χ0n) is 14.3. The first kappa shape index (κ1) is 16.4. The van der Waals surface area contributed by atoms with Gasteiger partial charge in [0.05, 0.1) is 23.4 Å². The summed E-state index contributed by atoms with van der Waals surface area (Å²) >= 11 is 1.76. The smallest absolute Gasteiger partial charge is 0.0897 e. The molecule has 0 unspecified atom stereocenters. The summed E-state index contributed by atoms with van der Waals surface area (Å²) in [5, 5.41) is 3.38. The van der Waals surface area contributed by atoms with Crippen molar-refractivity contribution in [2.75, 3.05) is 33.3 Å². The molecule has 0 spiro atoms. The van der Waals surface area contributed by atoms with Crippen molar-refractivity contribution in [3.63, 3.8) is 0 Å². The molecule has 3 atom stereocenters. The van der Waals surface area contributed by atoms with Crippen LogP contribution in [0.25, 0.3) is 0 Å². The fourth-order valence-corrected chi connectivity index (χ4v) is 4.24. The van der Waals surface area contributed by atoms with Gasteiger partial charge < -0.3 is 9.64 Å². The number of nitrogens with zero attached hydrogens (tertiary/aromatic N) is 3. The van der Waals surface area contributed by atoms with Crippen molar-refractivity contribution < 1.29 is 4.74 Å². The fraction of sp³-hybridized carbons (Fsp3) is 0.824. The molecule has 0 bridgehead atoms. The van der Waals surface area contributed by atoms with Gasteiger partial charge >= 0.3 is 0 Å². The lowest BCUT2D eigenvalue weighted by Gasteiger charge is -2.37. The summed E-state index contributed by atoms with van der Waals surface area (Å²) in [6, 6.07) is 0.584. The second-order valence-electron chi connectivity index (χ2n) is 7.21. The van der Waals surface area contributed by atoms with Gasteiger partial charge in [-0.1, -0.05) is 0 Å². The highest BCUT2D eigenvalue weighted by atomic mass is 32.1. The molecule has 3 rings (SSSR count). The number of hydrogen-bond donors (Lipinski definition) is 0. The van der Waals surface area contributed by atoms with E-state index >= 15 is 0 Å². The third-order valence-corrected chi connectivity index (χ3v) is 6.12. The highest BCUT2D eigenvalue weighted by molar-refractivity contribution is 7.09. The Hall–Kier alpha value is -0.490. The molecule has 22 heavy (non-hydrogen) atoms. The number of hydrogen-bond acceptors (Lipinski definition) is 5. The van der Waals surface area contributed by atoms with Gasteiger partial charge in [-0.3, -0.25) is 4.90 Å². The third kappa shape index (κ3) is 3.70. The first-order chi connectivity index (χ1) is 10.5. The summed E-state index contributed by atoms with van der Waals surface area (Å²) in [6.45, 7) is 12.0. The number of piperidine rings is 1. The molecule has 2 aliphatic heterocycles. The van der Waals surface area contributed by atoms with Gasteiger partial charge in [-0.05, 0) is 46.7 Å². The van der Waals surface area contributed by atoms with Gasteiger partial charge in [-0.25, -0.2) is 4.98 Å². The molecular formula is C17H29N3OS. The van der Waals surface area contributed by atoms with E-state index in [0.717, 1.165) is 32.2 Å². The summed E-state index contributed by atoms with van der Waals surface area (Å²) in [7, 11) is 2.21. The van der Waals surface area contributed by atoms with Crippen LogP contribution in [0.5, 0.6) is 0 Å². The van der Waals surface area contributed by atoms with Crippen molar-refractivity contribution in [2.45, 2.75) is 45.9 Å². The van der Waals surface area contributed by atoms with E-state index in [1.54, 1.807) is 11.3 Å². The lowest BCUT2D eigenvalue weighted by molar-refractivity contribution is 0.0420. The van der Waals surface area contributed by atoms with Crippen LogP contribution in [-0.2, 0) is 11.3 Å². The summed E-state index contributed by atoms with van der Waals surface area (Å²) in [5.74, 6) is 1.45. The number of fused-ring (bicyclic) bond motifs is 1. The number of likely N-dealkylation sites (N-methyl/N-ethyl adjacent to an activating group) is 1. The van der Waals surface area contributed by atoms with Crippen molar-refractivity contribution >= 4 is 11.3 Å². The molecule has 3 heterocycles. The molecule has 4 nitrogen and oxygen atoms in total. The number of likely N-dealkylation sites (tertiary alicyclic amines) is 1. The predicted octanol–water partition coefficient (Wildman–Crippen LogP) is 2.63. The van der Waals surface area contributed by atoms with E-state index in [0.29, 0.717) is 18.1 Å². The van der Waals surface area contributed by atoms with E-state index in [2.05, 4.69) is 48.0 Å². The second-order valence-corrected chi connectivity index (χ2v) is 8.27. The fourth-order valence-electron chi connectivity index (χ4n) is 3.64. The van der Waals surface area contributed by atoms with Crippen LogP contribution in [0.2, 0.25) is 0 Å². The normalized spacial score (nSPS) is 29.5. The molecule has 2 saturated heterocycles. The van der Waals surface area contributed by atoms with Crippen LogP contribution >= 0.6 is 11.3 Å². The van der Waals surface area contributed by atoms with E-state index < -0.39 is 0 Å². The Balaban J connectivity index is 1.58. The molecule has 0 N–H and O–H groups in total. The van der Waals surface area contributed by atoms with Gasteiger partial charge in [0.1, 0.15) is 0 Å². The monoisotopic (exact) mass is 323 g/mol. The number of aryl methyl sites for hydroxylation is 1. The zero-order valence-corrected chi connectivity index (χ0v) is 15.1. The van der Waals surface area contributed by atoms with Crippen molar-refractivity contribution in [2.24, 2.45) is 11.8 Å². The maximum atomic E-state index is 6.14. The summed E-state index contributed by atoms with van der Waals surface area (Å²) in [5.41, 5.74) is 1.23. The second kappa shape index (κ2) is 6.95. The Morgan fingerprint density at radius 1 is 1.50 bits per heavy atom. The SMILES string of the molecule is Cc1nc(CN2CC[C@@H]3CO[C@@H](CN(C)C(C)C)[C@@H]3C2)cs1. The third-order valence-electron chi connectivity index (χ3n) is 5.29. The summed E-state index contributed by atoms with van der Waals surface area (Å²) < 4.78 is 6.14. The average Bonchev–Trinajstić information content (AvgIpc) is 3.06. The molecule has 0 aliphatic carbocycles. The molecule has 2 aliphatic rings. The Kier molecular flexibility index (Phi) is 5.17. The molecule has 0 aromatic carbocycles. The first-order valence-corrected chi connectivity index (χ1v) is 9.36. The van der Waals surface area contributed by atoms with Gasteiger partial charge in [0.2, 0.25) is 0 Å². The lowest BCUT2D eigenvalue weighted by Crippen LogP contribution is -2.45. The van der Waals surface area contributed by atoms with E-state index in [-0.39, 0.29) is 0 Å². The molecule has 2 fully saturated rings. The largest absolute Gasteiger partial charge is 0.376 e. The molecule has 1 aromatic heterocycles. The van der Waals surface area contributed by atoms with Crippen molar-refractivity contribution in [1.82, 2.24) is 14.8 Å². The molecule has 0 amide bonds. The maximum absolute atomic E-state index is 6.14. The van der Waals surface area contributed by atoms with Crippen LogP contribution in [-0.4, -0.2) is 60.2 Å². The van der Waals surface area contributed by atoms with Crippen LogP contribution in [0.15, 0.2) is 5.38 Å². The highest BCUT2D eigenvalue weighted by Gasteiger charge is 2.41. The highest BCUT2D eigenvalue weighted by Crippen LogP contribution is 2.35. The minimum absolute atomic E-state index is 0.400. The quantitative estimate of drug-likeness (QED) is 0.833. The van der Waals surface area contributed by atoms with Gasteiger partial charge in [0.25, 0.3) is 0 Å². The van der Waals surface area contributed by atoms with E-state index in [1.165, 1.54) is 23.7 Å². The molecule has 124 valence electrons. The molecule has 5 heteroatoms. The van der Waals surface area contributed by atoms with Gasteiger partial charge in [0.15, 0.2) is 0 Å². The lowest BCUT2D eigenvalue weighted by atomic mass is 9.84. The maximum Gasteiger partial charge on any atom is 0.0897 e. The molecular weight excluding hydrogens is 294 g/mol. The number of thiazole rings is 1. The number of ether oxygens (including phenoxy) is 1. The van der Waals surface area contributed by atoms with Crippen molar-refractivity contribution in [1.29, 1.82) is 0 Å². The molecule has 0 saturated carbocycles.